The maximum Gasteiger partial charge on any atom is 0.407 e. The number of piperidine rings is 1. The first-order valence-corrected chi connectivity index (χ1v) is 7.50. The summed E-state index contributed by atoms with van der Waals surface area (Å²) in [7, 11) is 0. The molecule has 0 aromatic heterocycles. The van der Waals surface area contributed by atoms with Gasteiger partial charge in [-0.3, -0.25) is 0 Å². The Morgan fingerprint density at radius 2 is 1.90 bits per heavy atom. The fourth-order valence-corrected chi connectivity index (χ4v) is 3.34. The van der Waals surface area contributed by atoms with E-state index in [2.05, 4.69) is 10.6 Å². The predicted molar refractivity (Wildman–Crippen MR) is 77.3 cm³/mol. The molecule has 4 heteroatoms. The third kappa shape index (κ3) is 3.51. The molecule has 0 radical (unpaired) electrons. The molecule has 3 rings (SSSR count). The first-order valence-electron chi connectivity index (χ1n) is 7.50. The number of alkyl carbamates (subject to hydrolysis) is 1. The fraction of sp³-hybridized carbons (Fsp3) is 0.562. The highest BCUT2D eigenvalue weighted by Crippen LogP contribution is 2.30. The minimum absolute atomic E-state index is 0.306. The first-order chi connectivity index (χ1) is 9.79. The molecule has 2 fully saturated rings. The van der Waals surface area contributed by atoms with Gasteiger partial charge in [-0.05, 0) is 37.2 Å². The van der Waals surface area contributed by atoms with Gasteiger partial charge in [0, 0.05) is 18.6 Å². The Morgan fingerprint density at radius 3 is 2.60 bits per heavy atom. The van der Waals surface area contributed by atoms with Gasteiger partial charge in [-0.15, -0.1) is 0 Å². The lowest BCUT2D eigenvalue weighted by atomic mass is 9.92. The van der Waals surface area contributed by atoms with Crippen LogP contribution in [0.2, 0.25) is 0 Å². The molecule has 2 N–H and O–H groups in total. The van der Waals surface area contributed by atoms with Gasteiger partial charge in [0.15, 0.2) is 0 Å². The molecule has 1 amide bonds. The number of benzene rings is 1. The van der Waals surface area contributed by atoms with Crippen molar-refractivity contribution in [3.63, 3.8) is 0 Å². The lowest BCUT2D eigenvalue weighted by molar-refractivity contribution is 0.136. The smallest absolute Gasteiger partial charge is 0.407 e. The lowest BCUT2D eigenvalue weighted by Gasteiger charge is -2.29. The average molecular weight is 274 g/mol. The van der Waals surface area contributed by atoms with E-state index in [1.165, 1.54) is 25.7 Å². The highest BCUT2D eigenvalue weighted by molar-refractivity contribution is 5.67. The fourth-order valence-electron chi connectivity index (χ4n) is 3.34. The van der Waals surface area contributed by atoms with E-state index >= 15 is 0 Å². The van der Waals surface area contributed by atoms with Gasteiger partial charge in [-0.2, -0.15) is 0 Å². The number of nitrogens with one attached hydrogen (secondary N) is 2. The molecule has 1 aromatic rings. The molecular formula is C16H22N2O2. The van der Waals surface area contributed by atoms with E-state index in [9.17, 15) is 4.79 Å². The Morgan fingerprint density at radius 1 is 1.20 bits per heavy atom. The molecule has 0 saturated carbocycles. The van der Waals surface area contributed by atoms with Crippen molar-refractivity contribution in [3.8, 4) is 0 Å². The Labute approximate surface area is 119 Å². The number of hydrogen-bond acceptors (Lipinski definition) is 3. The molecule has 20 heavy (non-hydrogen) atoms. The van der Waals surface area contributed by atoms with Crippen molar-refractivity contribution < 1.29 is 9.53 Å². The van der Waals surface area contributed by atoms with Crippen LogP contribution in [0.4, 0.5) is 4.79 Å². The summed E-state index contributed by atoms with van der Waals surface area (Å²) < 4.78 is 5.22. The third-order valence-corrected chi connectivity index (χ3v) is 4.32. The van der Waals surface area contributed by atoms with Crippen LogP contribution in [0.25, 0.3) is 0 Å². The standard InChI is InChI=1S/C16H22N2O2/c19-16(20-11-12-4-2-1-3-5-12)17-10-13-8-14-6-7-15(9-13)18-14/h1-5,13-15,18H,6-11H2,(H,17,19). The first kappa shape index (κ1) is 13.4. The molecule has 2 aliphatic heterocycles. The monoisotopic (exact) mass is 274 g/mol. The van der Waals surface area contributed by atoms with Crippen LogP contribution in [-0.2, 0) is 11.3 Å². The summed E-state index contributed by atoms with van der Waals surface area (Å²) in [5.74, 6) is 0.595. The van der Waals surface area contributed by atoms with E-state index in [0.29, 0.717) is 24.6 Å². The van der Waals surface area contributed by atoms with Crippen molar-refractivity contribution in [1.29, 1.82) is 0 Å². The van der Waals surface area contributed by atoms with Gasteiger partial charge in [-0.1, -0.05) is 30.3 Å². The number of fused-ring (bicyclic) bond motifs is 2. The predicted octanol–water partition coefficient (Wildman–Crippen LogP) is 2.44. The zero-order chi connectivity index (χ0) is 13.8. The molecule has 2 bridgehead atoms. The molecule has 4 nitrogen and oxygen atoms in total. The largest absolute Gasteiger partial charge is 0.445 e. The van der Waals surface area contributed by atoms with E-state index in [-0.39, 0.29) is 6.09 Å². The van der Waals surface area contributed by atoms with Gasteiger partial charge in [0.2, 0.25) is 0 Å². The van der Waals surface area contributed by atoms with Crippen LogP contribution < -0.4 is 10.6 Å². The minimum atomic E-state index is -0.306. The molecule has 2 aliphatic rings. The van der Waals surface area contributed by atoms with Gasteiger partial charge in [0.1, 0.15) is 6.61 Å². The number of hydrogen-bond donors (Lipinski definition) is 2. The normalized spacial score (nSPS) is 28.1. The van der Waals surface area contributed by atoms with Crippen molar-refractivity contribution in [3.05, 3.63) is 35.9 Å². The molecule has 2 saturated heterocycles. The van der Waals surface area contributed by atoms with Crippen LogP contribution in [-0.4, -0.2) is 24.7 Å². The molecule has 2 unspecified atom stereocenters. The second kappa shape index (κ2) is 6.27. The van der Waals surface area contributed by atoms with E-state index in [1.807, 2.05) is 30.3 Å². The Balaban J connectivity index is 1.37. The van der Waals surface area contributed by atoms with Crippen molar-refractivity contribution in [1.82, 2.24) is 10.6 Å². The molecule has 108 valence electrons. The Bertz CT molecular complexity index is 437. The molecular weight excluding hydrogens is 252 g/mol. The number of rotatable bonds is 4. The van der Waals surface area contributed by atoms with Gasteiger partial charge < -0.3 is 15.4 Å². The zero-order valence-electron chi connectivity index (χ0n) is 11.7. The van der Waals surface area contributed by atoms with Crippen molar-refractivity contribution >= 4 is 6.09 Å². The summed E-state index contributed by atoms with van der Waals surface area (Å²) in [6.45, 7) is 1.08. The van der Waals surface area contributed by atoms with Gasteiger partial charge in [0.25, 0.3) is 0 Å². The quantitative estimate of drug-likeness (QED) is 0.886. The van der Waals surface area contributed by atoms with Gasteiger partial charge in [-0.25, -0.2) is 4.79 Å². The number of amides is 1. The summed E-state index contributed by atoms with van der Waals surface area (Å²) in [4.78, 5) is 11.7. The highest BCUT2D eigenvalue weighted by Gasteiger charge is 2.33. The summed E-state index contributed by atoms with van der Waals surface area (Å²) in [5, 5.41) is 6.51. The summed E-state index contributed by atoms with van der Waals surface area (Å²) >= 11 is 0. The summed E-state index contributed by atoms with van der Waals surface area (Å²) in [6.07, 6.45) is 4.63. The van der Waals surface area contributed by atoms with Crippen molar-refractivity contribution in [2.24, 2.45) is 5.92 Å². The van der Waals surface area contributed by atoms with E-state index in [1.54, 1.807) is 0 Å². The highest BCUT2D eigenvalue weighted by atomic mass is 16.5. The maximum absolute atomic E-state index is 11.7. The second-order valence-electron chi connectivity index (χ2n) is 5.92. The second-order valence-corrected chi connectivity index (χ2v) is 5.92. The maximum atomic E-state index is 11.7. The number of ether oxygens (including phenoxy) is 1. The average Bonchev–Trinajstić information content (AvgIpc) is 2.83. The van der Waals surface area contributed by atoms with Gasteiger partial charge in [0.05, 0.1) is 0 Å². The van der Waals surface area contributed by atoms with Crippen LogP contribution in [0.1, 0.15) is 31.2 Å². The van der Waals surface area contributed by atoms with Gasteiger partial charge >= 0.3 is 6.09 Å². The van der Waals surface area contributed by atoms with Crippen LogP contribution >= 0.6 is 0 Å². The summed E-state index contributed by atoms with van der Waals surface area (Å²) in [6, 6.07) is 11.1. The van der Waals surface area contributed by atoms with Crippen LogP contribution in [0.3, 0.4) is 0 Å². The Hall–Kier alpha value is -1.55. The van der Waals surface area contributed by atoms with Crippen LogP contribution in [0, 0.1) is 5.92 Å². The van der Waals surface area contributed by atoms with E-state index in [4.69, 9.17) is 4.74 Å². The number of carbonyl (C=O) groups is 1. The van der Waals surface area contributed by atoms with Crippen molar-refractivity contribution in [2.45, 2.75) is 44.4 Å². The molecule has 2 atom stereocenters. The van der Waals surface area contributed by atoms with E-state index < -0.39 is 0 Å². The number of carbonyl (C=O) groups excluding carboxylic acids is 1. The van der Waals surface area contributed by atoms with E-state index in [0.717, 1.165) is 12.1 Å². The topological polar surface area (TPSA) is 50.4 Å². The van der Waals surface area contributed by atoms with Crippen LogP contribution in [0.5, 0.6) is 0 Å². The minimum Gasteiger partial charge on any atom is -0.445 e. The lowest BCUT2D eigenvalue weighted by Crippen LogP contribution is -2.42. The molecule has 0 spiro atoms. The SMILES string of the molecule is O=C(NCC1CC2CCC(C1)N2)OCc1ccccc1. The third-order valence-electron chi connectivity index (χ3n) is 4.32. The molecule has 2 heterocycles. The van der Waals surface area contributed by atoms with Crippen molar-refractivity contribution in [2.75, 3.05) is 6.54 Å². The summed E-state index contributed by atoms with van der Waals surface area (Å²) in [5.41, 5.74) is 1.02. The Kier molecular flexibility index (Phi) is 4.21. The molecule has 0 aliphatic carbocycles. The zero-order valence-corrected chi connectivity index (χ0v) is 11.7. The van der Waals surface area contributed by atoms with Crippen LogP contribution in [0.15, 0.2) is 30.3 Å². The molecule has 1 aromatic carbocycles.